The normalized spacial score (nSPS) is 12.2. The number of benzene rings is 3. The SMILES string of the molecule is C1CCCCC1.C=Cc1[nH]c2ccc(-c3ccc(C(C)(C)C)cc3)cc2c1-c1cccc(C)c1.C=O.CCCNC.CN. The predicted octanol–water partition coefficient (Wildman–Crippen LogP) is 10.1. The van der Waals surface area contributed by atoms with Gasteiger partial charge in [-0.15, -0.1) is 0 Å². The maximum atomic E-state index is 8.00. The summed E-state index contributed by atoms with van der Waals surface area (Å²) in [7, 11) is 3.46. The summed E-state index contributed by atoms with van der Waals surface area (Å²) in [6, 6.07) is 24.3. The fourth-order valence-corrected chi connectivity index (χ4v) is 5.13. The molecule has 1 saturated carbocycles. The lowest BCUT2D eigenvalue weighted by atomic mass is 9.86. The minimum absolute atomic E-state index is 0.167. The number of carbonyl (C=O) groups is 1. The third-order valence-electron chi connectivity index (χ3n) is 7.42. The summed E-state index contributed by atoms with van der Waals surface area (Å²) in [6.07, 6.45) is 12.1. The zero-order valence-electron chi connectivity index (χ0n) is 28.0. The van der Waals surface area contributed by atoms with Gasteiger partial charge in [0, 0.05) is 22.2 Å². The number of carbonyl (C=O) groups excluding carboxylic acids is 1. The molecule has 5 rings (SSSR count). The molecule has 1 aromatic heterocycles. The second kappa shape index (κ2) is 20.4. The Labute approximate surface area is 262 Å². The first-order valence-electron chi connectivity index (χ1n) is 15.8. The molecule has 0 atom stereocenters. The molecule has 4 nitrogen and oxygen atoms in total. The van der Waals surface area contributed by atoms with Crippen LogP contribution in [0.4, 0.5) is 0 Å². The van der Waals surface area contributed by atoms with Gasteiger partial charge in [-0.1, -0.05) is 133 Å². The monoisotopic (exact) mass is 583 g/mol. The van der Waals surface area contributed by atoms with Gasteiger partial charge in [0.15, 0.2) is 0 Å². The zero-order chi connectivity index (χ0) is 32.3. The second-order valence-corrected chi connectivity index (χ2v) is 11.8. The Morgan fingerprint density at radius 3 is 1.84 bits per heavy atom. The smallest absolute Gasteiger partial charge is 0.106 e. The van der Waals surface area contributed by atoms with Crippen molar-refractivity contribution in [2.45, 2.75) is 85.0 Å². The molecule has 4 aromatic rings. The molecule has 0 spiro atoms. The Hall–Kier alpha value is -3.47. The number of aryl methyl sites for hydroxylation is 1. The van der Waals surface area contributed by atoms with E-state index in [0.717, 1.165) is 17.8 Å². The van der Waals surface area contributed by atoms with Crippen LogP contribution in [0.15, 0.2) is 73.3 Å². The zero-order valence-corrected chi connectivity index (χ0v) is 28.0. The first-order chi connectivity index (χ1) is 20.8. The molecule has 43 heavy (non-hydrogen) atoms. The highest BCUT2D eigenvalue weighted by molar-refractivity contribution is 6.02. The third-order valence-corrected chi connectivity index (χ3v) is 7.42. The number of aromatic nitrogens is 1. The van der Waals surface area contributed by atoms with E-state index < -0.39 is 0 Å². The minimum Gasteiger partial charge on any atom is -0.355 e. The Bertz CT molecular complexity index is 1310. The maximum Gasteiger partial charge on any atom is 0.106 e. The first kappa shape index (κ1) is 37.6. The Morgan fingerprint density at radius 1 is 0.837 bits per heavy atom. The highest BCUT2D eigenvalue weighted by atomic mass is 16.1. The van der Waals surface area contributed by atoms with E-state index in [1.807, 2.05) is 19.9 Å². The minimum atomic E-state index is 0.167. The molecular weight excluding hydrogens is 526 g/mol. The quantitative estimate of drug-likeness (QED) is 0.219. The van der Waals surface area contributed by atoms with Crippen molar-refractivity contribution in [2.75, 3.05) is 20.6 Å². The third kappa shape index (κ3) is 12.0. The molecule has 234 valence electrons. The van der Waals surface area contributed by atoms with Crippen molar-refractivity contribution in [3.05, 3.63) is 90.1 Å². The number of H-pyrrole nitrogens is 1. The number of nitrogens with two attached hydrogens (primary N) is 1. The summed E-state index contributed by atoms with van der Waals surface area (Å²) in [5.74, 6) is 0. The Morgan fingerprint density at radius 2 is 1.40 bits per heavy atom. The van der Waals surface area contributed by atoms with Crippen molar-refractivity contribution >= 4 is 23.8 Å². The number of nitrogens with one attached hydrogen (secondary N) is 2. The van der Waals surface area contributed by atoms with Crippen LogP contribution in [0.3, 0.4) is 0 Å². The fourth-order valence-electron chi connectivity index (χ4n) is 5.13. The van der Waals surface area contributed by atoms with E-state index in [-0.39, 0.29) is 5.41 Å². The van der Waals surface area contributed by atoms with E-state index in [1.165, 1.54) is 90.8 Å². The van der Waals surface area contributed by atoms with Crippen LogP contribution in [0.2, 0.25) is 0 Å². The highest BCUT2D eigenvalue weighted by Gasteiger charge is 2.15. The first-order valence-corrected chi connectivity index (χ1v) is 15.8. The number of hydrogen-bond donors (Lipinski definition) is 3. The van der Waals surface area contributed by atoms with E-state index >= 15 is 0 Å². The van der Waals surface area contributed by atoms with Crippen LogP contribution in [-0.4, -0.2) is 32.4 Å². The predicted molar refractivity (Wildman–Crippen MR) is 192 cm³/mol. The second-order valence-electron chi connectivity index (χ2n) is 11.8. The summed E-state index contributed by atoms with van der Waals surface area (Å²) in [6.45, 7) is 18.2. The number of hydrogen-bond acceptors (Lipinski definition) is 3. The van der Waals surface area contributed by atoms with Gasteiger partial charge in [0.2, 0.25) is 0 Å². The van der Waals surface area contributed by atoms with E-state index in [4.69, 9.17) is 4.79 Å². The van der Waals surface area contributed by atoms with Crippen molar-refractivity contribution in [3.63, 3.8) is 0 Å². The van der Waals surface area contributed by atoms with Crippen molar-refractivity contribution in [1.82, 2.24) is 10.3 Å². The van der Waals surface area contributed by atoms with Gasteiger partial charge in [-0.2, -0.15) is 0 Å². The van der Waals surface area contributed by atoms with Gasteiger partial charge in [-0.25, -0.2) is 0 Å². The molecule has 0 aliphatic heterocycles. The van der Waals surface area contributed by atoms with Crippen LogP contribution in [0.25, 0.3) is 39.2 Å². The molecule has 4 heteroatoms. The molecule has 0 bridgehead atoms. The summed E-state index contributed by atoms with van der Waals surface area (Å²) in [5, 5.41) is 4.25. The van der Waals surface area contributed by atoms with Gasteiger partial charge >= 0.3 is 0 Å². The largest absolute Gasteiger partial charge is 0.355 e. The molecular formula is C39H57N3O. The number of aromatic amines is 1. The van der Waals surface area contributed by atoms with Crippen LogP contribution in [0.1, 0.15) is 89.5 Å². The van der Waals surface area contributed by atoms with Gasteiger partial charge in [0.05, 0.1) is 0 Å². The van der Waals surface area contributed by atoms with E-state index in [2.05, 4.69) is 124 Å². The summed E-state index contributed by atoms with van der Waals surface area (Å²) in [5.41, 5.74) is 14.4. The fraction of sp³-hybridized carbons (Fsp3) is 0.410. The molecule has 1 fully saturated rings. The number of rotatable bonds is 5. The lowest BCUT2D eigenvalue weighted by Crippen LogP contribution is -2.10. The molecule has 0 amide bonds. The van der Waals surface area contributed by atoms with Crippen LogP contribution in [0.5, 0.6) is 0 Å². The van der Waals surface area contributed by atoms with Gasteiger partial charge in [0.25, 0.3) is 0 Å². The summed E-state index contributed by atoms with van der Waals surface area (Å²) >= 11 is 0. The van der Waals surface area contributed by atoms with Gasteiger partial charge in [-0.3, -0.25) is 0 Å². The lowest BCUT2D eigenvalue weighted by Gasteiger charge is -2.19. The van der Waals surface area contributed by atoms with Crippen LogP contribution in [0, 0.1) is 6.92 Å². The highest BCUT2D eigenvalue weighted by Crippen LogP contribution is 2.36. The maximum absolute atomic E-state index is 8.00. The van der Waals surface area contributed by atoms with Crippen molar-refractivity contribution in [1.29, 1.82) is 0 Å². The van der Waals surface area contributed by atoms with E-state index in [9.17, 15) is 0 Å². The van der Waals surface area contributed by atoms with Gasteiger partial charge < -0.3 is 20.8 Å². The van der Waals surface area contributed by atoms with Crippen LogP contribution < -0.4 is 11.1 Å². The van der Waals surface area contributed by atoms with Crippen molar-refractivity contribution < 1.29 is 4.79 Å². The topological polar surface area (TPSA) is 70.9 Å². The molecule has 0 saturated heterocycles. The summed E-state index contributed by atoms with van der Waals surface area (Å²) < 4.78 is 0. The Kier molecular flexibility index (Phi) is 17.9. The molecule has 1 aliphatic carbocycles. The lowest BCUT2D eigenvalue weighted by molar-refractivity contribution is -0.0980. The van der Waals surface area contributed by atoms with E-state index in [1.54, 1.807) is 0 Å². The van der Waals surface area contributed by atoms with Gasteiger partial charge in [0.1, 0.15) is 6.79 Å². The van der Waals surface area contributed by atoms with Gasteiger partial charge in [-0.05, 0) is 79.9 Å². The summed E-state index contributed by atoms with van der Waals surface area (Å²) in [4.78, 5) is 11.5. The molecule has 3 aromatic carbocycles. The average Bonchev–Trinajstić information content (AvgIpc) is 3.42. The molecule has 4 N–H and O–H groups in total. The molecule has 0 unspecified atom stereocenters. The molecule has 1 aliphatic rings. The van der Waals surface area contributed by atoms with Crippen LogP contribution in [-0.2, 0) is 10.2 Å². The number of fused-ring (bicyclic) bond motifs is 1. The average molecular weight is 584 g/mol. The van der Waals surface area contributed by atoms with E-state index in [0.29, 0.717) is 0 Å². The van der Waals surface area contributed by atoms with Crippen molar-refractivity contribution in [3.8, 4) is 22.3 Å². The molecule has 0 radical (unpaired) electrons. The standard InChI is InChI=1S/C27H27N.C6H12.C4H11N.CH5N.CH2O/c1-6-24-26(21-9-7-8-18(2)16-21)23-17-20(12-15-25(23)28-24)19-10-13-22(14-11-19)27(3,4)5;1-2-4-6-5-3-1;1-3-4-5-2;2*1-2/h6-17,28H,1H2,2-5H3;1-6H2;5H,3-4H2,1-2H3;2H2,1H3;1H2. The Balaban J connectivity index is 0.000000512. The van der Waals surface area contributed by atoms with Crippen molar-refractivity contribution in [2.24, 2.45) is 5.73 Å². The van der Waals surface area contributed by atoms with Crippen LogP contribution >= 0.6 is 0 Å². The molecule has 1 heterocycles.